The molecule has 2 atom stereocenters. The molecule has 3 heterocycles. The van der Waals surface area contributed by atoms with Crippen molar-refractivity contribution < 1.29 is 18.0 Å². The van der Waals surface area contributed by atoms with Crippen LogP contribution in [0.25, 0.3) is 22.3 Å². The minimum absolute atomic E-state index is 0.0218. The molecule has 9 heteroatoms. The van der Waals surface area contributed by atoms with Crippen molar-refractivity contribution in [3.05, 3.63) is 36.4 Å². The maximum absolute atomic E-state index is 12.8. The number of hydrogen-bond donors (Lipinski definition) is 2. The van der Waals surface area contributed by atoms with Gasteiger partial charge in [0.2, 0.25) is 11.7 Å². The van der Waals surface area contributed by atoms with Crippen molar-refractivity contribution in [2.24, 2.45) is 11.8 Å². The van der Waals surface area contributed by atoms with Crippen LogP contribution in [0.2, 0.25) is 0 Å². The number of halogens is 3. The Balaban J connectivity index is 1.63. The number of fused-ring (bicyclic) bond motifs is 1. The SMILES string of the molecule is CC1C[C@@H]1C(=O)Nc1cc2[nH]c(-c3ccnc(C(F)(F)F)n3)cc2cn1. The van der Waals surface area contributed by atoms with Crippen LogP contribution >= 0.6 is 0 Å². The molecular weight excluding hydrogens is 347 g/mol. The minimum atomic E-state index is -4.61. The molecule has 0 aliphatic heterocycles. The summed E-state index contributed by atoms with van der Waals surface area (Å²) in [5, 5.41) is 3.46. The number of amides is 1. The molecule has 0 bridgehead atoms. The Morgan fingerprint density at radius 2 is 2.08 bits per heavy atom. The van der Waals surface area contributed by atoms with Gasteiger partial charge in [-0.05, 0) is 24.5 Å². The Kier molecular flexibility index (Phi) is 3.67. The average molecular weight is 361 g/mol. The molecule has 26 heavy (non-hydrogen) atoms. The monoisotopic (exact) mass is 361 g/mol. The van der Waals surface area contributed by atoms with Crippen LogP contribution in [0.4, 0.5) is 19.0 Å². The van der Waals surface area contributed by atoms with Gasteiger partial charge in [-0.1, -0.05) is 6.92 Å². The van der Waals surface area contributed by atoms with E-state index in [1.165, 1.54) is 6.07 Å². The van der Waals surface area contributed by atoms with Crippen molar-refractivity contribution in [3.8, 4) is 11.4 Å². The average Bonchev–Trinajstić information content (AvgIpc) is 3.17. The number of alkyl halides is 3. The number of carbonyl (C=O) groups excluding carboxylic acids is 1. The van der Waals surface area contributed by atoms with Crippen LogP contribution < -0.4 is 5.32 Å². The highest BCUT2D eigenvalue weighted by atomic mass is 19.4. The molecule has 2 N–H and O–H groups in total. The third-order valence-electron chi connectivity index (χ3n) is 4.39. The summed E-state index contributed by atoms with van der Waals surface area (Å²) in [6.45, 7) is 2.01. The third kappa shape index (κ3) is 3.12. The molecule has 134 valence electrons. The number of aromatic amines is 1. The highest BCUT2D eigenvalue weighted by Crippen LogP contribution is 2.38. The van der Waals surface area contributed by atoms with Gasteiger partial charge < -0.3 is 10.3 Å². The lowest BCUT2D eigenvalue weighted by molar-refractivity contribution is -0.144. The zero-order valence-electron chi connectivity index (χ0n) is 13.6. The topological polar surface area (TPSA) is 83.6 Å². The van der Waals surface area contributed by atoms with Crippen LogP contribution in [-0.4, -0.2) is 25.8 Å². The molecule has 6 nitrogen and oxygen atoms in total. The number of nitrogens with zero attached hydrogens (tertiary/aromatic N) is 3. The molecule has 4 rings (SSSR count). The van der Waals surface area contributed by atoms with Gasteiger partial charge in [-0.25, -0.2) is 15.0 Å². The first-order valence-corrected chi connectivity index (χ1v) is 8.01. The zero-order chi connectivity index (χ0) is 18.5. The van der Waals surface area contributed by atoms with E-state index < -0.39 is 12.0 Å². The summed E-state index contributed by atoms with van der Waals surface area (Å²) in [6.07, 6.45) is -1.12. The summed E-state index contributed by atoms with van der Waals surface area (Å²) < 4.78 is 38.3. The van der Waals surface area contributed by atoms with Crippen molar-refractivity contribution in [1.29, 1.82) is 0 Å². The quantitative estimate of drug-likeness (QED) is 0.746. The summed E-state index contributed by atoms with van der Waals surface area (Å²) in [4.78, 5) is 26.0. The molecule has 3 aromatic rings. The van der Waals surface area contributed by atoms with Gasteiger partial charge in [0.05, 0.1) is 16.9 Å². The van der Waals surface area contributed by atoms with Crippen LogP contribution in [0.3, 0.4) is 0 Å². The number of aromatic nitrogens is 4. The van der Waals surface area contributed by atoms with Gasteiger partial charge in [-0.3, -0.25) is 4.79 Å². The van der Waals surface area contributed by atoms with Gasteiger partial charge >= 0.3 is 6.18 Å². The number of H-pyrrole nitrogens is 1. The second-order valence-corrected chi connectivity index (χ2v) is 6.41. The lowest BCUT2D eigenvalue weighted by Gasteiger charge is -2.05. The summed E-state index contributed by atoms with van der Waals surface area (Å²) in [5.41, 5.74) is 1.18. The predicted molar refractivity (Wildman–Crippen MR) is 88.0 cm³/mol. The van der Waals surface area contributed by atoms with Gasteiger partial charge in [-0.15, -0.1) is 0 Å². The van der Waals surface area contributed by atoms with Crippen molar-refractivity contribution in [3.63, 3.8) is 0 Å². The predicted octanol–water partition coefficient (Wildman–Crippen LogP) is 3.63. The van der Waals surface area contributed by atoms with Crippen molar-refractivity contribution in [2.45, 2.75) is 19.5 Å². The van der Waals surface area contributed by atoms with Crippen LogP contribution in [0.5, 0.6) is 0 Å². The fourth-order valence-electron chi connectivity index (χ4n) is 2.78. The molecule has 0 radical (unpaired) electrons. The summed E-state index contributed by atoms with van der Waals surface area (Å²) in [5.74, 6) is -0.460. The maximum atomic E-state index is 12.8. The molecule has 1 aliphatic rings. The van der Waals surface area contributed by atoms with Crippen molar-refractivity contribution in [2.75, 3.05) is 5.32 Å². The summed E-state index contributed by atoms with van der Waals surface area (Å²) in [7, 11) is 0. The second kappa shape index (κ2) is 5.79. The van der Waals surface area contributed by atoms with E-state index in [1.54, 1.807) is 18.3 Å². The molecule has 1 aliphatic carbocycles. The Hall–Kier alpha value is -2.97. The van der Waals surface area contributed by atoms with E-state index in [2.05, 4.69) is 25.3 Å². The van der Waals surface area contributed by atoms with Crippen molar-refractivity contribution in [1.82, 2.24) is 19.9 Å². The smallest absolute Gasteiger partial charge is 0.353 e. The molecule has 3 aromatic heterocycles. The van der Waals surface area contributed by atoms with Gasteiger partial charge in [-0.2, -0.15) is 13.2 Å². The molecular formula is C17H14F3N5O. The van der Waals surface area contributed by atoms with Crippen LogP contribution in [-0.2, 0) is 11.0 Å². The van der Waals surface area contributed by atoms with Gasteiger partial charge in [0.25, 0.3) is 0 Å². The molecule has 0 spiro atoms. The first kappa shape index (κ1) is 16.5. The Bertz CT molecular complexity index is 997. The number of pyridine rings is 1. The highest BCUT2D eigenvalue weighted by Gasteiger charge is 2.39. The molecule has 0 aromatic carbocycles. The fourth-order valence-corrected chi connectivity index (χ4v) is 2.78. The molecule has 1 fully saturated rings. The van der Waals surface area contributed by atoms with E-state index in [0.29, 0.717) is 28.3 Å². The minimum Gasteiger partial charge on any atom is -0.353 e. The van der Waals surface area contributed by atoms with Crippen LogP contribution in [0.15, 0.2) is 30.6 Å². The molecule has 0 saturated heterocycles. The van der Waals surface area contributed by atoms with Gasteiger partial charge in [0.1, 0.15) is 5.82 Å². The van der Waals surface area contributed by atoms with Gasteiger partial charge in [0.15, 0.2) is 0 Å². The maximum Gasteiger partial charge on any atom is 0.451 e. The van der Waals surface area contributed by atoms with Crippen LogP contribution in [0, 0.1) is 11.8 Å². The number of carbonyl (C=O) groups is 1. The van der Waals surface area contributed by atoms with E-state index in [1.807, 2.05) is 6.92 Å². The zero-order valence-corrected chi connectivity index (χ0v) is 13.6. The largest absolute Gasteiger partial charge is 0.451 e. The lowest BCUT2D eigenvalue weighted by atomic mass is 10.2. The first-order valence-electron chi connectivity index (χ1n) is 8.01. The fraction of sp³-hybridized carbons (Fsp3) is 0.294. The van der Waals surface area contributed by atoms with E-state index in [0.717, 1.165) is 12.6 Å². The molecule has 1 amide bonds. The highest BCUT2D eigenvalue weighted by molar-refractivity contribution is 5.95. The number of anilines is 1. The van der Waals surface area contributed by atoms with Gasteiger partial charge in [0, 0.05) is 29.8 Å². The van der Waals surface area contributed by atoms with E-state index in [-0.39, 0.29) is 17.5 Å². The standard InChI is InChI=1S/C17H14F3N5O/c1-8-4-10(8)15(26)25-14-6-12-9(7-22-14)5-13(23-12)11-2-3-21-16(24-11)17(18,19)20/h2-3,5-8,10,23H,4H2,1H3,(H,22,25,26)/t8?,10-/m0/s1. The second-order valence-electron chi connectivity index (χ2n) is 6.41. The van der Waals surface area contributed by atoms with Crippen LogP contribution in [0.1, 0.15) is 19.2 Å². The van der Waals surface area contributed by atoms with Crippen molar-refractivity contribution >= 4 is 22.6 Å². The van der Waals surface area contributed by atoms with E-state index >= 15 is 0 Å². The van der Waals surface area contributed by atoms with E-state index in [4.69, 9.17) is 0 Å². The molecule has 1 saturated carbocycles. The Morgan fingerprint density at radius 1 is 1.31 bits per heavy atom. The normalized spacial score (nSPS) is 19.5. The third-order valence-corrected chi connectivity index (χ3v) is 4.39. The number of rotatable bonds is 3. The number of hydrogen-bond acceptors (Lipinski definition) is 4. The summed E-state index contributed by atoms with van der Waals surface area (Å²) in [6, 6.07) is 4.69. The first-order chi connectivity index (χ1) is 12.3. The summed E-state index contributed by atoms with van der Waals surface area (Å²) >= 11 is 0. The lowest BCUT2D eigenvalue weighted by Crippen LogP contribution is -2.15. The Morgan fingerprint density at radius 3 is 2.77 bits per heavy atom. The molecule has 1 unspecified atom stereocenters. The van der Waals surface area contributed by atoms with E-state index in [9.17, 15) is 18.0 Å². The number of nitrogens with one attached hydrogen (secondary N) is 2. The Labute approximate surface area is 145 Å².